The summed E-state index contributed by atoms with van der Waals surface area (Å²) in [5, 5.41) is 0. The first-order valence-electron chi connectivity index (χ1n) is 7.17. The second-order valence-electron chi connectivity index (χ2n) is 4.69. The van der Waals surface area contributed by atoms with Crippen molar-refractivity contribution in [2.75, 3.05) is 18.1 Å². The molecule has 3 heteroatoms. The zero-order chi connectivity index (χ0) is 13.9. The van der Waals surface area contributed by atoms with Gasteiger partial charge in [-0.15, -0.1) is 0 Å². The lowest BCUT2D eigenvalue weighted by atomic mass is 10.1. The lowest BCUT2D eigenvalue weighted by molar-refractivity contribution is 0.284. The van der Waals surface area contributed by atoms with Crippen molar-refractivity contribution in [2.24, 2.45) is 0 Å². The fourth-order valence-corrected chi connectivity index (χ4v) is 2.61. The highest BCUT2D eigenvalue weighted by Crippen LogP contribution is 2.28. The largest absolute Gasteiger partial charge is 0.493 e. The molecule has 0 N–H and O–H groups in total. The Bertz CT molecular complexity index is 353. The van der Waals surface area contributed by atoms with Crippen molar-refractivity contribution in [3.05, 3.63) is 23.8 Å². The fourth-order valence-electron chi connectivity index (χ4n) is 1.98. The summed E-state index contributed by atoms with van der Waals surface area (Å²) in [6.07, 6.45) is 7.38. The fraction of sp³-hybridized carbons (Fsp3) is 0.625. The Kier molecular flexibility index (Phi) is 9.05. The Morgan fingerprint density at radius 1 is 1.05 bits per heavy atom. The van der Waals surface area contributed by atoms with Gasteiger partial charge >= 0.3 is 0 Å². The minimum absolute atomic E-state index is 0.783. The summed E-state index contributed by atoms with van der Waals surface area (Å²) >= 11 is 2.39. The number of benzene rings is 1. The number of unbranched alkanes of at least 4 members (excludes halogenated alkanes) is 4. The number of hydrogen-bond donors (Lipinski definition) is 0. The van der Waals surface area contributed by atoms with Crippen LogP contribution in [0.1, 0.15) is 44.6 Å². The highest BCUT2D eigenvalue weighted by molar-refractivity contribution is 14.1. The normalized spacial score (nSPS) is 10.5. The van der Waals surface area contributed by atoms with Gasteiger partial charge in [-0.05, 0) is 30.5 Å². The van der Waals surface area contributed by atoms with Gasteiger partial charge < -0.3 is 9.47 Å². The van der Waals surface area contributed by atoms with Crippen molar-refractivity contribution < 1.29 is 9.47 Å². The van der Waals surface area contributed by atoms with Crippen molar-refractivity contribution in [3.63, 3.8) is 0 Å². The molecule has 1 rings (SSSR count). The Balaban J connectivity index is 2.40. The predicted molar refractivity (Wildman–Crippen MR) is 89.8 cm³/mol. The third-order valence-electron chi connectivity index (χ3n) is 3.12. The van der Waals surface area contributed by atoms with Gasteiger partial charge in [-0.1, -0.05) is 61.3 Å². The molecule has 0 radical (unpaired) electrons. The van der Waals surface area contributed by atoms with Gasteiger partial charge in [-0.25, -0.2) is 0 Å². The molecule has 0 saturated carbocycles. The van der Waals surface area contributed by atoms with Gasteiger partial charge in [0.05, 0.1) is 13.7 Å². The molecule has 0 fully saturated rings. The Labute approximate surface area is 131 Å². The van der Waals surface area contributed by atoms with Crippen molar-refractivity contribution in [2.45, 2.75) is 45.4 Å². The molecule has 0 saturated heterocycles. The van der Waals surface area contributed by atoms with E-state index in [0.717, 1.165) is 35.4 Å². The number of halogens is 1. The second-order valence-corrected chi connectivity index (χ2v) is 5.77. The van der Waals surface area contributed by atoms with Crippen LogP contribution < -0.4 is 9.47 Å². The topological polar surface area (TPSA) is 18.5 Å². The maximum Gasteiger partial charge on any atom is 0.161 e. The maximum absolute atomic E-state index is 5.81. The van der Waals surface area contributed by atoms with Crippen LogP contribution in [-0.4, -0.2) is 18.1 Å². The van der Waals surface area contributed by atoms with E-state index in [1.165, 1.54) is 31.2 Å². The molecule has 0 unspecified atom stereocenters. The lowest BCUT2D eigenvalue weighted by Gasteiger charge is -2.12. The molecule has 108 valence electrons. The van der Waals surface area contributed by atoms with E-state index < -0.39 is 0 Å². The van der Waals surface area contributed by atoms with Gasteiger partial charge in [0.1, 0.15) is 0 Å². The van der Waals surface area contributed by atoms with Crippen LogP contribution in [0.3, 0.4) is 0 Å². The van der Waals surface area contributed by atoms with Crippen LogP contribution in [0.4, 0.5) is 0 Å². The SMILES string of the molecule is CCCCCCCOc1ccc(CCI)cc1OC. The predicted octanol–water partition coefficient (Wildman–Crippen LogP) is 5.02. The Hall–Kier alpha value is -0.450. The summed E-state index contributed by atoms with van der Waals surface area (Å²) < 4.78 is 12.3. The zero-order valence-electron chi connectivity index (χ0n) is 12.1. The van der Waals surface area contributed by atoms with Crippen LogP contribution >= 0.6 is 22.6 Å². The highest BCUT2D eigenvalue weighted by atomic mass is 127. The third-order valence-corrected chi connectivity index (χ3v) is 3.66. The van der Waals surface area contributed by atoms with Crippen LogP contribution in [0.2, 0.25) is 0 Å². The number of rotatable bonds is 10. The molecule has 0 spiro atoms. The van der Waals surface area contributed by atoms with E-state index in [1.807, 2.05) is 6.07 Å². The minimum Gasteiger partial charge on any atom is -0.493 e. The summed E-state index contributed by atoms with van der Waals surface area (Å²) in [5.74, 6) is 1.73. The second kappa shape index (κ2) is 10.4. The monoisotopic (exact) mass is 376 g/mol. The molecule has 0 bridgehead atoms. The van der Waals surface area contributed by atoms with Crippen molar-refractivity contribution >= 4 is 22.6 Å². The van der Waals surface area contributed by atoms with E-state index in [1.54, 1.807) is 7.11 Å². The van der Waals surface area contributed by atoms with E-state index in [0.29, 0.717) is 0 Å². The third kappa shape index (κ3) is 6.50. The number of hydrogen-bond acceptors (Lipinski definition) is 2. The van der Waals surface area contributed by atoms with E-state index in [2.05, 4.69) is 41.6 Å². The molecule has 0 heterocycles. The standard InChI is InChI=1S/C16H25IO2/c1-3-4-5-6-7-12-19-15-9-8-14(10-11-17)13-16(15)18-2/h8-9,13H,3-7,10-12H2,1-2H3. The van der Waals surface area contributed by atoms with Crippen molar-refractivity contribution in [3.8, 4) is 11.5 Å². The number of alkyl halides is 1. The van der Waals surface area contributed by atoms with Gasteiger partial charge in [-0.2, -0.15) is 0 Å². The maximum atomic E-state index is 5.81. The molecule has 1 aromatic rings. The summed E-state index contributed by atoms with van der Waals surface area (Å²) in [6.45, 7) is 3.02. The quantitative estimate of drug-likeness (QED) is 0.324. The number of ether oxygens (including phenoxy) is 2. The van der Waals surface area contributed by atoms with Crippen LogP contribution in [0.25, 0.3) is 0 Å². The molecule has 19 heavy (non-hydrogen) atoms. The molecule has 0 amide bonds. The van der Waals surface area contributed by atoms with Crippen LogP contribution in [0.15, 0.2) is 18.2 Å². The zero-order valence-corrected chi connectivity index (χ0v) is 14.2. The summed E-state index contributed by atoms with van der Waals surface area (Å²) in [7, 11) is 1.71. The van der Waals surface area contributed by atoms with Crippen LogP contribution in [-0.2, 0) is 6.42 Å². The molecular formula is C16H25IO2. The van der Waals surface area contributed by atoms with Gasteiger partial charge in [0.2, 0.25) is 0 Å². The summed E-state index contributed by atoms with van der Waals surface area (Å²) in [6, 6.07) is 6.26. The Morgan fingerprint density at radius 3 is 2.53 bits per heavy atom. The first-order chi connectivity index (χ1) is 9.31. The molecule has 0 aliphatic heterocycles. The molecular weight excluding hydrogens is 351 g/mol. The van der Waals surface area contributed by atoms with Gasteiger partial charge in [0.15, 0.2) is 11.5 Å². The van der Waals surface area contributed by atoms with Crippen LogP contribution in [0, 0.1) is 0 Å². The molecule has 0 aromatic heterocycles. The van der Waals surface area contributed by atoms with E-state index in [-0.39, 0.29) is 0 Å². The lowest BCUT2D eigenvalue weighted by Crippen LogP contribution is -2.00. The van der Waals surface area contributed by atoms with Gasteiger partial charge in [0, 0.05) is 4.43 Å². The smallest absolute Gasteiger partial charge is 0.161 e. The summed E-state index contributed by atoms with van der Waals surface area (Å²) in [5.41, 5.74) is 1.31. The highest BCUT2D eigenvalue weighted by Gasteiger charge is 2.05. The molecule has 0 aliphatic rings. The van der Waals surface area contributed by atoms with Crippen molar-refractivity contribution in [1.29, 1.82) is 0 Å². The minimum atomic E-state index is 0.783. The summed E-state index contributed by atoms with van der Waals surface area (Å²) in [4.78, 5) is 0. The van der Waals surface area contributed by atoms with Gasteiger partial charge in [0.25, 0.3) is 0 Å². The molecule has 0 aliphatic carbocycles. The molecule has 1 aromatic carbocycles. The average molecular weight is 376 g/mol. The number of aryl methyl sites for hydroxylation is 1. The first kappa shape index (κ1) is 16.6. The first-order valence-corrected chi connectivity index (χ1v) is 8.70. The Morgan fingerprint density at radius 2 is 1.84 bits per heavy atom. The average Bonchev–Trinajstić information content (AvgIpc) is 2.44. The van der Waals surface area contributed by atoms with Gasteiger partial charge in [-0.3, -0.25) is 0 Å². The molecule has 2 nitrogen and oxygen atoms in total. The van der Waals surface area contributed by atoms with Crippen LogP contribution in [0.5, 0.6) is 11.5 Å². The number of methoxy groups -OCH3 is 1. The van der Waals surface area contributed by atoms with Crippen molar-refractivity contribution in [1.82, 2.24) is 0 Å². The van der Waals surface area contributed by atoms with E-state index in [4.69, 9.17) is 9.47 Å². The van der Waals surface area contributed by atoms with E-state index in [9.17, 15) is 0 Å². The van der Waals surface area contributed by atoms with E-state index >= 15 is 0 Å². The molecule has 0 atom stereocenters.